The summed E-state index contributed by atoms with van der Waals surface area (Å²) < 4.78 is 0. The number of benzene rings is 2. The number of nitro groups is 1. The van der Waals surface area contributed by atoms with Crippen LogP contribution in [0.5, 0.6) is 0 Å². The fraction of sp³-hybridized carbons (Fsp3) is 0.222. The van der Waals surface area contributed by atoms with E-state index in [1.54, 1.807) is 12.1 Å². The molecule has 0 aliphatic heterocycles. The lowest BCUT2D eigenvalue weighted by atomic mass is 10.1. The molecule has 26 heavy (non-hydrogen) atoms. The van der Waals surface area contributed by atoms with Gasteiger partial charge in [0.05, 0.1) is 10.4 Å². The summed E-state index contributed by atoms with van der Waals surface area (Å²) in [4.78, 5) is 21.7. The Morgan fingerprint density at radius 2 is 1.77 bits per heavy atom. The Bertz CT molecular complexity index is 900. The predicted molar refractivity (Wildman–Crippen MR) is 106 cm³/mol. The van der Waals surface area contributed by atoms with Crippen molar-refractivity contribution >= 4 is 34.8 Å². The maximum absolute atomic E-state index is 10.8. The summed E-state index contributed by atoms with van der Waals surface area (Å²) in [7, 11) is 4.03. The highest BCUT2D eigenvalue weighted by Crippen LogP contribution is 2.26. The fourth-order valence-corrected chi connectivity index (χ4v) is 2.47. The van der Waals surface area contributed by atoms with Crippen molar-refractivity contribution in [2.75, 3.05) is 32.5 Å². The SMILES string of the molecule is CN(C)CCNc1nc(-c2ccc([N+](=O)[O-])cc2)nc2ccccc12.Cl. The zero-order valence-corrected chi connectivity index (χ0v) is 15.4. The molecular weight excluding hydrogens is 354 g/mol. The number of nitrogens with zero attached hydrogens (tertiary/aromatic N) is 4. The quantitative estimate of drug-likeness (QED) is 0.525. The lowest BCUT2D eigenvalue weighted by Gasteiger charge is -2.13. The van der Waals surface area contributed by atoms with E-state index in [1.807, 2.05) is 38.4 Å². The Kier molecular flexibility index (Phi) is 6.43. The molecule has 136 valence electrons. The van der Waals surface area contributed by atoms with Crippen LogP contribution < -0.4 is 5.32 Å². The van der Waals surface area contributed by atoms with Gasteiger partial charge in [0, 0.05) is 36.2 Å². The normalized spacial score (nSPS) is 10.6. The van der Waals surface area contributed by atoms with Crippen molar-refractivity contribution < 1.29 is 4.92 Å². The van der Waals surface area contributed by atoms with Crippen molar-refractivity contribution in [2.45, 2.75) is 0 Å². The third-order valence-electron chi connectivity index (χ3n) is 3.79. The van der Waals surface area contributed by atoms with E-state index in [0.717, 1.165) is 35.4 Å². The van der Waals surface area contributed by atoms with Gasteiger partial charge in [-0.2, -0.15) is 0 Å². The van der Waals surface area contributed by atoms with Crippen molar-refractivity contribution in [2.24, 2.45) is 0 Å². The Labute approximate surface area is 157 Å². The van der Waals surface area contributed by atoms with Gasteiger partial charge in [-0.1, -0.05) is 12.1 Å². The molecule has 8 heteroatoms. The van der Waals surface area contributed by atoms with Crippen molar-refractivity contribution in [1.29, 1.82) is 0 Å². The van der Waals surface area contributed by atoms with E-state index < -0.39 is 4.92 Å². The first kappa shape index (κ1) is 19.6. The van der Waals surface area contributed by atoms with Crippen LogP contribution in [0.15, 0.2) is 48.5 Å². The summed E-state index contributed by atoms with van der Waals surface area (Å²) in [6, 6.07) is 14.1. The highest BCUT2D eigenvalue weighted by molar-refractivity contribution is 5.90. The van der Waals surface area contributed by atoms with Crippen LogP contribution in [0.1, 0.15) is 0 Å². The fourth-order valence-electron chi connectivity index (χ4n) is 2.47. The van der Waals surface area contributed by atoms with Crippen molar-refractivity contribution in [3.8, 4) is 11.4 Å². The number of halogens is 1. The molecule has 0 saturated carbocycles. The molecule has 0 unspecified atom stereocenters. The molecular formula is C18H20ClN5O2. The third-order valence-corrected chi connectivity index (χ3v) is 3.79. The molecule has 0 bridgehead atoms. The van der Waals surface area contributed by atoms with Crippen LogP contribution in [0.4, 0.5) is 11.5 Å². The summed E-state index contributed by atoms with van der Waals surface area (Å²) in [5.41, 5.74) is 1.62. The zero-order chi connectivity index (χ0) is 17.8. The molecule has 0 aliphatic carbocycles. The van der Waals surface area contributed by atoms with E-state index in [2.05, 4.69) is 20.2 Å². The second-order valence-corrected chi connectivity index (χ2v) is 5.95. The van der Waals surface area contributed by atoms with Gasteiger partial charge in [0.15, 0.2) is 5.82 Å². The van der Waals surface area contributed by atoms with E-state index in [1.165, 1.54) is 12.1 Å². The van der Waals surface area contributed by atoms with Crippen LogP contribution in [0, 0.1) is 10.1 Å². The molecule has 1 aromatic heterocycles. The van der Waals surface area contributed by atoms with Gasteiger partial charge < -0.3 is 10.2 Å². The van der Waals surface area contributed by atoms with E-state index >= 15 is 0 Å². The average molecular weight is 374 g/mol. The molecule has 3 aromatic rings. The van der Waals surface area contributed by atoms with Crippen LogP contribution >= 0.6 is 12.4 Å². The number of nitrogens with one attached hydrogen (secondary N) is 1. The van der Waals surface area contributed by atoms with Crippen LogP contribution in [0.2, 0.25) is 0 Å². The number of hydrogen-bond acceptors (Lipinski definition) is 6. The number of para-hydroxylation sites is 1. The van der Waals surface area contributed by atoms with Gasteiger partial charge in [0.1, 0.15) is 5.82 Å². The van der Waals surface area contributed by atoms with E-state index in [-0.39, 0.29) is 18.1 Å². The molecule has 0 saturated heterocycles. The van der Waals surface area contributed by atoms with Gasteiger partial charge in [-0.15, -0.1) is 12.4 Å². The monoisotopic (exact) mass is 373 g/mol. The van der Waals surface area contributed by atoms with Crippen LogP contribution in [-0.4, -0.2) is 47.0 Å². The van der Waals surface area contributed by atoms with Crippen LogP contribution in [0.25, 0.3) is 22.3 Å². The number of anilines is 1. The summed E-state index contributed by atoms with van der Waals surface area (Å²) >= 11 is 0. The number of likely N-dealkylation sites (N-methyl/N-ethyl adjacent to an activating group) is 1. The molecule has 0 spiro atoms. The number of aromatic nitrogens is 2. The molecule has 0 fully saturated rings. The molecule has 3 rings (SSSR count). The standard InChI is InChI=1S/C18H19N5O2.ClH/c1-22(2)12-11-19-18-15-5-3-4-6-16(15)20-17(21-18)13-7-9-14(10-8-13)23(24)25;/h3-10H,11-12H2,1-2H3,(H,19,20,21);1H. The molecule has 1 heterocycles. The molecule has 0 aliphatic rings. The Balaban J connectivity index is 0.00000243. The van der Waals surface area contributed by atoms with Gasteiger partial charge in [0.25, 0.3) is 5.69 Å². The molecule has 7 nitrogen and oxygen atoms in total. The minimum atomic E-state index is -0.417. The molecule has 2 aromatic carbocycles. The number of nitro benzene ring substituents is 1. The maximum atomic E-state index is 10.8. The second kappa shape index (κ2) is 8.55. The summed E-state index contributed by atoms with van der Waals surface area (Å²) in [5, 5.41) is 15.1. The third kappa shape index (κ3) is 4.44. The highest BCUT2D eigenvalue weighted by Gasteiger charge is 2.11. The largest absolute Gasteiger partial charge is 0.368 e. The first-order valence-corrected chi connectivity index (χ1v) is 7.95. The average Bonchev–Trinajstić information content (AvgIpc) is 2.61. The summed E-state index contributed by atoms with van der Waals surface area (Å²) in [6.45, 7) is 1.64. The predicted octanol–water partition coefficient (Wildman–Crippen LogP) is 3.60. The van der Waals surface area contributed by atoms with Gasteiger partial charge in [-0.05, 0) is 38.4 Å². The molecule has 1 N–H and O–H groups in total. The number of fused-ring (bicyclic) bond motifs is 1. The van der Waals surface area contributed by atoms with Crippen molar-refractivity contribution in [3.63, 3.8) is 0 Å². The van der Waals surface area contributed by atoms with Gasteiger partial charge in [-0.25, -0.2) is 9.97 Å². The van der Waals surface area contributed by atoms with Gasteiger partial charge >= 0.3 is 0 Å². The van der Waals surface area contributed by atoms with Gasteiger partial charge in [0.2, 0.25) is 0 Å². The second-order valence-electron chi connectivity index (χ2n) is 5.95. The topological polar surface area (TPSA) is 84.2 Å². The van der Waals surface area contributed by atoms with Crippen molar-refractivity contribution in [3.05, 3.63) is 58.6 Å². The van der Waals surface area contributed by atoms with E-state index in [4.69, 9.17) is 0 Å². The highest BCUT2D eigenvalue weighted by atomic mass is 35.5. The maximum Gasteiger partial charge on any atom is 0.269 e. The van der Waals surface area contributed by atoms with E-state index in [9.17, 15) is 10.1 Å². The van der Waals surface area contributed by atoms with E-state index in [0.29, 0.717) is 5.82 Å². The van der Waals surface area contributed by atoms with Crippen LogP contribution in [-0.2, 0) is 0 Å². The Hall–Kier alpha value is -2.77. The number of non-ortho nitro benzene ring substituents is 1. The minimum absolute atomic E-state index is 0. The molecule has 0 atom stereocenters. The summed E-state index contributed by atoms with van der Waals surface area (Å²) in [5.74, 6) is 1.31. The molecule has 0 amide bonds. The van der Waals surface area contributed by atoms with Crippen LogP contribution in [0.3, 0.4) is 0 Å². The Morgan fingerprint density at radius 1 is 1.08 bits per heavy atom. The Morgan fingerprint density at radius 3 is 2.42 bits per heavy atom. The minimum Gasteiger partial charge on any atom is -0.368 e. The van der Waals surface area contributed by atoms with Gasteiger partial charge in [-0.3, -0.25) is 10.1 Å². The zero-order valence-electron chi connectivity index (χ0n) is 14.5. The summed E-state index contributed by atoms with van der Waals surface area (Å²) in [6.07, 6.45) is 0. The lowest BCUT2D eigenvalue weighted by molar-refractivity contribution is -0.384. The lowest BCUT2D eigenvalue weighted by Crippen LogP contribution is -2.21. The number of rotatable bonds is 6. The molecule has 0 radical (unpaired) electrons. The first-order valence-electron chi connectivity index (χ1n) is 7.95. The van der Waals surface area contributed by atoms with Crippen molar-refractivity contribution in [1.82, 2.24) is 14.9 Å². The first-order chi connectivity index (χ1) is 12.0. The smallest absolute Gasteiger partial charge is 0.269 e. The number of hydrogen-bond donors (Lipinski definition) is 1.